The second kappa shape index (κ2) is 5.35. The van der Waals surface area contributed by atoms with Gasteiger partial charge in [-0.25, -0.2) is 0 Å². The van der Waals surface area contributed by atoms with Gasteiger partial charge in [0.1, 0.15) is 0 Å². The lowest BCUT2D eigenvalue weighted by molar-refractivity contribution is -0.384. The maximum atomic E-state index is 12.1. The van der Waals surface area contributed by atoms with Crippen molar-refractivity contribution in [2.24, 2.45) is 0 Å². The van der Waals surface area contributed by atoms with Crippen LogP contribution in [0.4, 0.5) is 17.1 Å². The van der Waals surface area contributed by atoms with Gasteiger partial charge in [-0.1, -0.05) is 0 Å². The number of amides is 1. The van der Waals surface area contributed by atoms with Crippen LogP contribution in [0.5, 0.6) is 0 Å². The first-order valence-corrected chi connectivity index (χ1v) is 5.75. The highest BCUT2D eigenvalue weighted by Gasteiger charge is 2.13. The number of nitro benzene ring substituents is 1. The van der Waals surface area contributed by atoms with E-state index < -0.39 is 4.92 Å². The van der Waals surface area contributed by atoms with Crippen molar-refractivity contribution in [3.8, 4) is 0 Å². The third-order valence-electron chi connectivity index (χ3n) is 2.77. The summed E-state index contributed by atoms with van der Waals surface area (Å²) in [6.45, 7) is 1.68. The van der Waals surface area contributed by atoms with Crippen molar-refractivity contribution in [1.82, 2.24) is 4.98 Å². The molecule has 102 valence electrons. The number of nitrogens with zero attached hydrogens (tertiary/aromatic N) is 2. The van der Waals surface area contributed by atoms with Crippen LogP contribution in [-0.2, 0) is 0 Å². The van der Waals surface area contributed by atoms with Crippen LogP contribution in [0, 0.1) is 17.0 Å². The van der Waals surface area contributed by atoms with Gasteiger partial charge in [-0.2, -0.15) is 0 Å². The number of pyridine rings is 1. The Kier molecular flexibility index (Phi) is 3.60. The summed E-state index contributed by atoms with van der Waals surface area (Å²) in [7, 11) is 0. The van der Waals surface area contributed by atoms with E-state index in [9.17, 15) is 14.9 Å². The van der Waals surface area contributed by atoms with Crippen LogP contribution in [0.3, 0.4) is 0 Å². The first-order valence-electron chi connectivity index (χ1n) is 5.75. The fourth-order valence-electron chi connectivity index (χ4n) is 1.70. The van der Waals surface area contributed by atoms with E-state index in [0.29, 0.717) is 16.8 Å². The number of non-ortho nitro benzene ring substituents is 1. The Bertz CT molecular complexity index is 685. The Morgan fingerprint density at radius 2 is 2.15 bits per heavy atom. The number of nitro groups is 1. The minimum atomic E-state index is -0.487. The molecule has 0 atom stereocenters. The lowest BCUT2D eigenvalue weighted by atomic mass is 10.1. The largest absolute Gasteiger partial charge is 0.397 e. The number of carbonyl (C=O) groups excluding carboxylic acids is 1. The average Bonchev–Trinajstić information content (AvgIpc) is 2.41. The van der Waals surface area contributed by atoms with Crippen LogP contribution < -0.4 is 11.1 Å². The molecule has 0 unspecified atom stereocenters. The molecule has 0 spiro atoms. The van der Waals surface area contributed by atoms with E-state index >= 15 is 0 Å². The molecule has 0 aliphatic heterocycles. The molecular weight excluding hydrogens is 260 g/mol. The van der Waals surface area contributed by atoms with Crippen molar-refractivity contribution < 1.29 is 9.72 Å². The summed E-state index contributed by atoms with van der Waals surface area (Å²) in [5.74, 6) is -0.387. The number of hydrogen-bond donors (Lipinski definition) is 2. The fourth-order valence-corrected chi connectivity index (χ4v) is 1.70. The van der Waals surface area contributed by atoms with Crippen molar-refractivity contribution in [2.75, 3.05) is 11.1 Å². The molecule has 2 rings (SSSR count). The van der Waals surface area contributed by atoms with Crippen LogP contribution in [-0.4, -0.2) is 15.8 Å². The highest BCUT2D eigenvalue weighted by atomic mass is 16.6. The monoisotopic (exact) mass is 272 g/mol. The number of aromatic nitrogens is 1. The lowest BCUT2D eigenvalue weighted by Crippen LogP contribution is -2.15. The van der Waals surface area contributed by atoms with E-state index in [1.807, 2.05) is 0 Å². The highest BCUT2D eigenvalue weighted by Crippen LogP contribution is 2.22. The Morgan fingerprint density at radius 3 is 2.75 bits per heavy atom. The third kappa shape index (κ3) is 2.72. The SMILES string of the molecule is Cc1cc([N+](=O)[O-])ccc1NC(=O)c1ccncc1N. The van der Waals surface area contributed by atoms with Gasteiger partial charge >= 0.3 is 0 Å². The number of nitrogen functional groups attached to an aromatic ring is 1. The Labute approximate surface area is 114 Å². The number of aryl methyl sites for hydroxylation is 1. The van der Waals surface area contributed by atoms with Crippen LogP contribution in [0.15, 0.2) is 36.7 Å². The van der Waals surface area contributed by atoms with Gasteiger partial charge in [-0.3, -0.25) is 19.9 Å². The Balaban J connectivity index is 2.25. The zero-order chi connectivity index (χ0) is 14.7. The summed E-state index contributed by atoms with van der Waals surface area (Å²) in [6.07, 6.45) is 2.85. The predicted molar refractivity (Wildman–Crippen MR) is 74.4 cm³/mol. The van der Waals surface area contributed by atoms with E-state index in [-0.39, 0.29) is 17.3 Å². The fraction of sp³-hybridized carbons (Fsp3) is 0.0769. The van der Waals surface area contributed by atoms with Crippen LogP contribution >= 0.6 is 0 Å². The number of benzene rings is 1. The summed E-state index contributed by atoms with van der Waals surface area (Å²) >= 11 is 0. The van der Waals surface area contributed by atoms with Crippen molar-refractivity contribution >= 4 is 23.0 Å². The molecule has 0 aliphatic carbocycles. The molecule has 7 heteroatoms. The predicted octanol–water partition coefficient (Wildman–Crippen LogP) is 2.13. The molecule has 1 aromatic heterocycles. The topological polar surface area (TPSA) is 111 Å². The summed E-state index contributed by atoms with van der Waals surface area (Å²) in [6, 6.07) is 5.72. The Morgan fingerprint density at radius 1 is 1.40 bits per heavy atom. The van der Waals surface area contributed by atoms with Crippen molar-refractivity contribution in [3.05, 3.63) is 57.9 Å². The molecular formula is C13H12N4O3. The zero-order valence-corrected chi connectivity index (χ0v) is 10.7. The summed E-state index contributed by atoms with van der Waals surface area (Å²) in [4.78, 5) is 26.0. The molecule has 3 N–H and O–H groups in total. The van der Waals surface area contributed by atoms with Gasteiger partial charge in [0.25, 0.3) is 11.6 Å². The summed E-state index contributed by atoms with van der Waals surface area (Å²) < 4.78 is 0. The molecule has 0 aliphatic rings. The molecule has 1 amide bonds. The third-order valence-corrected chi connectivity index (χ3v) is 2.77. The van der Waals surface area contributed by atoms with Gasteiger partial charge in [-0.15, -0.1) is 0 Å². The molecule has 1 heterocycles. The zero-order valence-electron chi connectivity index (χ0n) is 10.7. The number of hydrogen-bond acceptors (Lipinski definition) is 5. The number of carbonyl (C=O) groups is 1. The van der Waals surface area contributed by atoms with Gasteiger partial charge in [0.05, 0.1) is 22.4 Å². The van der Waals surface area contributed by atoms with Crippen molar-refractivity contribution in [1.29, 1.82) is 0 Å². The molecule has 0 fully saturated rings. The van der Waals surface area contributed by atoms with Gasteiger partial charge in [-0.05, 0) is 24.6 Å². The molecule has 0 bridgehead atoms. The molecule has 2 aromatic rings. The second-order valence-corrected chi connectivity index (χ2v) is 4.17. The molecule has 20 heavy (non-hydrogen) atoms. The first kappa shape index (κ1) is 13.5. The lowest BCUT2D eigenvalue weighted by Gasteiger charge is -2.09. The van der Waals surface area contributed by atoms with Gasteiger partial charge < -0.3 is 11.1 Å². The number of rotatable bonds is 3. The van der Waals surface area contributed by atoms with Crippen molar-refractivity contribution in [3.63, 3.8) is 0 Å². The van der Waals surface area contributed by atoms with Crippen LogP contribution in [0.2, 0.25) is 0 Å². The summed E-state index contributed by atoms with van der Waals surface area (Å²) in [5.41, 5.74) is 7.31. The van der Waals surface area contributed by atoms with E-state index in [2.05, 4.69) is 10.3 Å². The van der Waals surface area contributed by atoms with Crippen LogP contribution in [0.25, 0.3) is 0 Å². The second-order valence-electron chi connectivity index (χ2n) is 4.17. The molecule has 1 aromatic carbocycles. The maximum absolute atomic E-state index is 12.1. The molecule has 0 saturated carbocycles. The van der Waals surface area contributed by atoms with E-state index in [1.165, 1.54) is 36.7 Å². The van der Waals surface area contributed by atoms with E-state index in [1.54, 1.807) is 6.92 Å². The highest BCUT2D eigenvalue weighted by molar-refractivity contribution is 6.07. The van der Waals surface area contributed by atoms with E-state index in [4.69, 9.17) is 5.73 Å². The molecule has 0 radical (unpaired) electrons. The molecule has 7 nitrogen and oxygen atoms in total. The van der Waals surface area contributed by atoms with Crippen molar-refractivity contribution in [2.45, 2.75) is 6.92 Å². The normalized spacial score (nSPS) is 10.1. The van der Waals surface area contributed by atoms with Gasteiger partial charge in [0.15, 0.2) is 0 Å². The van der Waals surface area contributed by atoms with E-state index in [0.717, 1.165) is 0 Å². The maximum Gasteiger partial charge on any atom is 0.269 e. The number of anilines is 2. The van der Waals surface area contributed by atoms with Gasteiger partial charge in [0, 0.05) is 24.0 Å². The summed E-state index contributed by atoms with van der Waals surface area (Å²) in [5, 5.41) is 13.3. The smallest absolute Gasteiger partial charge is 0.269 e. The standard InChI is InChI=1S/C13H12N4O3/c1-8-6-9(17(19)20)2-3-12(8)16-13(18)10-4-5-15-7-11(10)14/h2-7H,14H2,1H3,(H,16,18). The minimum absolute atomic E-state index is 0.0241. The number of nitrogens with two attached hydrogens (primary N) is 1. The number of nitrogens with one attached hydrogen (secondary N) is 1. The average molecular weight is 272 g/mol. The van der Waals surface area contributed by atoms with Gasteiger partial charge in [0.2, 0.25) is 0 Å². The minimum Gasteiger partial charge on any atom is -0.397 e. The quantitative estimate of drug-likeness (QED) is 0.656. The first-order chi connectivity index (χ1) is 9.49. The molecule has 0 saturated heterocycles. The van der Waals surface area contributed by atoms with Crippen LogP contribution in [0.1, 0.15) is 15.9 Å². The Hall–Kier alpha value is -2.96.